The first-order chi connectivity index (χ1) is 8.13. The largest absolute Gasteiger partial charge is 0.414 e. The SMILES string of the molecule is C[C@H](CC[C@@H]1CCCC1=O)O[Si](C)(C)C(C)(C)C. The minimum Gasteiger partial charge on any atom is -0.414 e. The van der Waals surface area contributed by atoms with Crippen LogP contribution in [-0.4, -0.2) is 20.2 Å². The normalized spacial score (nSPS) is 23.4. The number of carbonyl (C=O) groups excluding carboxylic acids is 1. The fourth-order valence-corrected chi connectivity index (χ4v) is 3.85. The Labute approximate surface area is 114 Å². The zero-order chi connectivity index (χ0) is 14.0. The van der Waals surface area contributed by atoms with Crippen molar-refractivity contribution in [1.29, 1.82) is 0 Å². The summed E-state index contributed by atoms with van der Waals surface area (Å²) in [5.74, 6) is 0.810. The molecular formula is C15H30O2Si. The molecule has 2 nitrogen and oxygen atoms in total. The number of hydrogen-bond acceptors (Lipinski definition) is 2. The van der Waals surface area contributed by atoms with E-state index in [0.29, 0.717) is 17.8 Å². The zero-order valence-corrected chi connectivity index (χ0v) is 14.0. The molecule has 0 aromatic heterocycles. The van der Waals surface area contributed by atoms with Crippen molar-refractivity contribution in [3.63, 3.8) is 0 Å². The molecule has 0 aromatic carbocycles. The fraction of sp³-hybridized carbons (Fsp3) is 0.933. The standard InChI is InChI=1S/C15H30O2Si/c1-12(17-18(5,6)15(2,3)4)10-11-13-8-7-9-14(13)16/h12-13H,7-11H2,1-6H3/t12-,13+/m1/s1. The molecule has 0 bridgehead atoms. The van der Waals surface area contributed by atoms with Gasteiger partial charge >= 0.3 is 0 Å². The van der Waals surface area contributed by atoms with Crippen molar-refractivity contribution in [3.8, 4) is 0 Å². The van der Waals surface area contributed by atoms with E-state index in [-0.39, 0.29) is 5.04 Å². The molecule has 1 rings (SSSR count). The third-order valence-corrected chi connectivity index (χ3v) is 9.26. The highest BCUT2D eigenvalue weighted by Crippen LogP contribution is 2.38. The van der Waals surface area contributed by atoms with E-state index in [1.807, 2.05) is 0 Å². The van der Waals surface area contributed by atoms with Gasteiger partial charge in [-0.05, 0) is 50.7 Å². The second-order valence-electron chi connectivity index (χ2n) is 7.32. The number of carbonyl (C=O) groups is 1. The molecule has 1 fully saturated rings. The van der Waals surface area contributed by atoms with Crippen LogP contribution in [-0.2, 0) is 9.22 Å². The van der Waals surface area contributed by atoms with E-state index in [4.69, 9.17) is 4.43 Å². The van der Waals surface area contributed by atoms with Gasteiger partial charge in [0.1, 0.15) is 5.78 Å². The van der Waals surface area contributed by atoms with Gasteiger partial charge in [-0.3, -0.25) is 4.79 Å². The van der Waals surface area contributed by atoms with Crippen LogP contribution < -0.4 is 0 Å². The summed E-state index contributed by atoms with van der Waals surface area (Å²) in [6.45, 7) is 13.6. The van der Waals surface area contributed by atoms with E-state index >= 15 is 0 Å². The summed E-state index contributed by atoms with van der Waals surface area (Å²) in [5.41, 5.74) is 0. The third-order valence-electron chi connectivity index (χ3n) is 4.65. The Bertz CT molecular complexity index is 291. The molecule has 3 heteroatoms. The van der Waals surface area contributed by atoms with Gasteiger partial charge < -0.3 is 4.43 Å². The average molecular weight is 270 g/mol. The molecule has 0 heterocycles. The lowest BCUT2D eigenvalue weighted by Crippen LogP contribution is -2.43. The van der Waals surface area contributed by atoms with Crippen LogP contribution in [0.4, 0.5) is 0 Å². The number of hydrogen-bond donors (Lipinski definition) is 0. The predicted octanol–water partition coefficient (Wildman–Crippen LogP) is 4.55. The molecule has 1 saturated carbocycles. The molecule has 18 heavy (non-hydrogen) atoms. The molecule has 0 spiro atoms. The Morgan fingerprint density at radius 3 is 2.44 bits per heavy atom. The van der Waals surface area contributed by atoms with E-state index in [2.05, 4.69) is 40.8 Å². The second kappa shape index (κ2) is 5.87. The van der Waals surface area contributed by atoms with Crippen LogP contribution in [0.1, 0.15) is 59.8 Å². The first-order valence-corrected chi connectivity index (χ1v) is 10.2. The van der Waals surface area contributed by atoms with E-state index < -0.39 is 8.32 Å². The van der Waals surface area contributed by atoms with E-state index in [9.17, 15) is 4.79 Å². The summed E-state index contributed by atoms with van der Waals surface area (Å²) in [6.07, 6.45) is 5.35. The molecule has 0 amide bonds. The first-order valence-electron chi connectivity index (χ1n) is 7.34. The topological polar surface area (TPSA) is 26.3 Å². The lowest BCUT2D eigenvalue weighted by molar-refractivity contribution is -0.120. The maximum absolute atomic E-state index is 11.6. The van der Waals surface area contributed by atoms with Crippen molar-refractivity contribution in [2.45, 2.75) is 84.0 Å². The molecule has 2 atom stereocenters. The predicted molar refractivity (Wildman–Crippen MR) is 79.3 cm³/mol. The number of ketones is 1. The van der Waals surface area contributed by atoms with Crippen LogP contribution in [0, 0.1) is 5.92 Å². The summed E-state index contributed by atoms with van der Waals surface area (Å²) >= 11 is 0. The zero-order valence-electron chi connectivity index (χ0n) is 13.0. The van der Waals surface area contributed by atoms with E-state index in [1.165, 1.54) is 0 Å². The van der Waals surface area contributed by atoms with Crippen molar-refractivity contribution in [1.82, 2.24) is 0 Å². The molecule has 0 saturated heterocycles. The summed E-state index contributed by atoms with van der Waals surface area (Å²) in [7, 11) is -1.65. The number of Topliss-reactive ketones (excluding diaryl/α,β-unsaturated/α-hetero) is 1. The summed E-state index contributed by atoms with van der Waals surface area (Å²) in [5, 5.41) is 0.268. The quantitative estimate of drug-likeness (QED) is 0.685. The van der Waals surface area contributed by atoms with Crippen LogP contribution in [0.2, 0.25) is 18.1 Å². The third kappa shape index (κ3) is 4.20. The van der Waals surface area contributed by atoms with Gasteiger partial charge in [-0.25, -0.2) is 0 Å². The Balaban J connectivity index is 2.37. The van der Waals surface area contributed by atoms with Gasteiger partial charge in [0.15, 0.2) is 8.32 Å². The Kier molecular flexibility index (Phi) is 5.19. The Morgan fingerprint density at radius 1 is 1.39 bits per heavy atom. The van der Waals surface area contributed by atoms with Crippen LogP contribution in [0.3, 0.4) is 0 Å². The molecule has 106 valence electrons. The lowest BCUT2D eigenvalue weighted by Gasteiger charge is -2.38. The van der Waals surface area contributed by atoms with Crippen LogP contribution in [0.5, 0.6) is 0 Å². The molecule has 1 aliphatic carbocycles. The van der Waals surface area contributed by atoms with Crippen molar-refractivity contribution in [3.05, 3.63) is 0 Å². The minimum absolute atomic E-state index is 0.268. The van der Waals surface area contributed by atoms with Gasteiger partial charge in [0, 0.05) is 18.4 Å². The van der Waals surface area contributed by atoms with Gasteiger partial charge in [0.2, 0.25) is 0 Å². The highest BCUT2D eigenvalue weighted by Gasteiger charge is 2.38. The van der Waals surface area contributed by atoms with E-state index in [0.717, 1.165) is 32.1 Å². The first kappa shape index (κ1) is 15.9. The molecule has 0 unspecified atom stereocenters. The molecule has 0 aliphatic heterocycles. The molecule has 1 aliphatic rings. The highest BCUT2D eigenvalue weighted by molar-refractivity contribution is 6.74. The van der Waals surface area contributed by atoms with Gasteiger partial charge in [0.25, 0.3) is 0 Å². The minimum atomic E-state index is -1.65. The van der Waals surface area contributed by atoms with Crippen LogP contribution in [0.25, 0.3) is 0 Å². The maximum atomic E-state index is 11.6. The fourth-order valence-electron chi connectivity index (χ4n) is 2.37. The Morgan fingerprint density at radius 2 is 2.00 bits per heavy atom. The highest BCUT2D eigenvalue weighted by atomic mass is 28.4. The molecular weight excluding hydrogens is 240 g/mol. The molecule has 0 aromatic rings. The van der Waals surface area contributed by atoms with Gasteiger partial charge in [0.05, 0.1) is 0 Å². The molecule has 0 radical (unpaired) electrons. The second-order valence-corrected chi connectivity index (χ2v) is 12.1. The van der Waals surface area contributed by atoms with Gasteiger partial charge in [-0.15, -0.1) is 0 Å². The molecule has 0 N–H and O–H groups in total. The smallest absolute Gasteiger partial charge is 0.192 e. The summed E-state index contributed by atoms with van der Waals surface area (Å²) in [6, 6.07) is 0. The van der Waals surface area contributed by atoms with Crippen molar-refractivity contribution in [2.24, 2.45) is 5.92 Å². The van der Waals surface area contributed by atoms with Crippen molar-refractivity contribution in [2.75, 3.05) is 0 Å². The van der Waals surface area contributed by atoms with Crippen molar-refractivity contribution >= 4 is 14.1 Å². The van der Waals surface area contributed by atoms with E-state index in [1.54, 1.807) is 0 Å². The summed E-state index contributed by atoms with van der Waals surface area (Å²) < 4.78 is 6.32. The Hall–Kier alpha value is -0.153. The van der Waals surface area contributed by atoms with Crippen LogP contribution >= 0.6 is 0 Å². The monoisotopic (exact) mass is 270 g/mol. The lowest BCUT2D eigenvalue weighted by atomic mass is 9.99. The average Bonchev–Trinajstić information content (AvgIpc) is 2.58. The van der Waals surface area contributed by atoms with Crippen molar-refractivity contribution < 1.29 is 9.22 Å². The van der Waals surface area contributed by atoms with Gasteiger partial charge in [-0.2, -0.15) is 0 Å². The number of rotatable bonds is 5. The summed E-state index contributed by atoms with van der Waals surface area (Å²) in [4.78, 5) is 11.6. The van der Waals surface area contributed by atoms with Gasteiger partial charge in [-0.1, -0.05) is 20.8 Å². The maximum Gasteiger partial charge on any atom is 0.192 e. The van der Waals surface area contributed by atoms with Crippen LogP contribution in [0.15, 0.2) is 0 Å².